The summed E-state index contributed by atoms with van der Waals surface area (Å²) in [7, 11) is -2.99. The molecule has 2 saturated heterocycles. The van der Waals surface area contributed by atoms with Crippen LogP contribution in [0.4, 0.5) is 0 Å². The molecule has 0 aliphatic carbocycles. The van der Waals surface area contributed by atoms with Gasteiger partial charge in [-0.15, -0.1) is 0 Å². The quantitative estimate of drug-likeness (QED) is 0.820. The third-order valence-corrected chi connectivity index (χ3v) is 6.87. The Morgan fingerprint density at radius 1 is 1.33 bits per heavy atom. The number of benzene rings is 1. The lowest BCUT2D eigenvalue weighted by Crippen LogP contribution is -2.37. The zero-order chi connectivity index (χ0) is 15.0. The fourth-order valence-corrected chi connectivity index (χ4v) is 6.73. The molecule has 0 N–H and O–H groups in total. The zero-order valence-electron chi connectivity index (χ0n) is 11.6. The lowest BCUT2D eigenvalue weighted by Gasteiger charge is -2.24. The predicted molar refractivity (Wildman–Crippen MR) is 83.9 cm³/mol. The van der Waals surface area contributed by atoms with Crippen molar-refractivity contribution in [2.75, 3.05) is 11.5 Å². The first kappa shape index (κ1) is 14.6. The molecule has 2 fully saturated rings. The molecule has 0 saturated carbocycles. The van der Waals surface area contributed by atoms with Gasteiger partial charge in [0, 0.05) is 18.7 Å². The van der Waals surface area contributed by atoms with E-state index in [2.05, 4.69) is 4.99 Å². The van der Waals surface area contributed by atoms with Crippen molar-refractivity contribution >= 4 is 32.7 Å². The topological polar surface area (TPSA) is 66.8 Å². The van der Waals surface area contributed by atoms with Crippen molar-refractivity contribution in [1.29, 1.82) is 0 Å². The molecule has 2 atom stereocenters. The number of amides is 1. The van der Waals surface area contributed by atoms with Crippen LogP contribution in [0.3, 0.4) is 0 Å². The first-order chi connectivity index (χ1) is 9.94. The molecule has 0 unspecified atom stereocenters. The molecule has 7 heteroatoms. The van der Waals surface area contributed by atoms with Crippen LogP contribution in [0.1, 0.15) is 12.5 Å². The van der Waals surface area contributed by atoms with Gasteiger partial charge < -0.3 is 4.90 Å². The number of fused-ring (bicyclic) bond motifs is 1. The summed E-state index contributed by atoms with van der Waals surface area (Å²) in [4.78, 5) is 17.3. The molecule has 2 heterocycles. The Bertz CT molecular complexity index is 685. The molecule has 1 amide bonds. The van der Waals surface area contributed by atoms with Gasteiger partial charge in [0.05, 0.1) is 17.5 Å². The van der Waals surface area contributed by atoms with Crippen LogP contribution in [0.5, 0.6) is 0 Å². The summed E-state index contributed by atoms with van der Waals surface area (Å²) in [6.07, 6.45) is 0. The van der Waals surface area contributed by atoms with Gasteiger partial charge in [0.1, 0.15) is 0 Å². The van der Waals surface area contributed by atoms with Crippen LogP contribution in [0, 0.1) is 0 Å². The van der Waals surface area contributed by atoms with E-state index in [1.165, 1.54) is 18.7 Å². The van der Waals surface area contributed by atoms with E-state index < -0.39 is 9.84 Å². The highest BCUT2D eigenvalue weighted by atomic mass is 32.2. The molecule has 21 heavy (non-hydrogen) atoms. The number of rotatable bonds is 2. The van der Waals surface area contributed by atoms with E-state index in [0.717, 1.165) is 5.56 Å². The maximum Gasteiger partial charge on any atom is 0.244 e. The third-order valence-electron chi connectivity index (χ3n) is 3.62. The number of amidine groups is 1. The molecule has 0 bridgehead atoms. The number of hydrogen-bond acceptors (Lipinski definition) is 4. The van der Waals surface area contributed by atoms with Gasteiger partial charge in [-0.2, -0.15) is 4.99 Å². The Morgan fingerprint density at radius 3 is 2.71 bits per heavy atom. The lowest BCUT2D eigenvalue weighted by atomic mass is 10.1. The van der Waals surface area contributed by atoms with Crippen LogP contribution < -0.4 is 0 Å². The summed E-state index contributed by atoms with van der Waals surface area (Å²) < 4.78 is 23.6. The summed E-state index contributed by atoms with van der Waals surface area (Å²) in [5.74, 6) is 0.0669. The molecule has 0 spiro atoms. The van der Waals surface area contributed by atoms with Crippen LogP contribution >= 0.6 is 11.8 Å². The fourth-order valence-electron chi connectivity index (χ4n) is 2.74. The van der Waals surface area contributed by atoms with Crippen molar-refractivity contribution in [1.82, 2.24) is 4.90 Å². The summed E-state index contributed by atoms with van der Waals surface area (Å²) in [5.41, 5.74) is 1.08. The van der Waals surface area contributed by atoms with Crippen molar-refractivity contribution in [2.45, 2.75) is 24.8 Å². The first-order valence-corrected chi connectivity index (χ1v) is 9.41. The van der Waals surface area contributed by atoms with E-state index in [1.54, 1.807) is 0 Å². The second-order valence-corrected chi connectivity index (χ2v) is 8.69. The average molecular weight is 324 g/mol. The minimum absolute atomic E-state index is 0.0168. The summed E-state index contributed by atoms with van der Waals surface area (Å²) in [5, 5.41) is 0.632. The van der Waals surface area contributed by atoms with E-state index in [0.29, 0.717) is 11.7 Å². The number of hydrogen-bond donors (Lipinski definition) is 0. The smallest absolute Gasteiger partial charge is 0.244 e. The molecular formula is C14H16N2O3S2. The van der Waals surface area contributed by atoms with Gasteiger partial charge in [-0.05, 0) is 5.56 Å². The Labute approximate surface area is 128 Å². The van der Waals surface area contributed by atoms with Gasteiger partial charge >= 0.3 is 0 Å². The van der Waals surface area contributed by atoms with E-state index in [4.69, 9.17) is 0 Å². The van der Waals surface area contributed by atoms with Crippen molar-refractivity contribution in [3.8, 4) is 0 Å². The largest absolute Gasteiger partial charge is 0.342 e. The highest BCUT2D eigenvalue weighted by Crippen LogP contribution is 2.38. The number of aliphatic imine (C=N–C) groups is 1. The first-order valence-electron chi connectivity index (χ1n) is 6.71. The number of sulfone groups is 1. The second-order valence-electron chi connectivity index (χ2n) is 5.33. The Kier molecular flexibility index (Phi) is 3.79. The van der Waals surface area contributed by atoms with E-state index >= 15 is 0 Å². The number of thioether (sulfide) groups is 1. The van der Waals surface area contributed by atoms with Crippen LogP contribution in [0.15, 0.2) is 35.3 Å². The Balaban J connectivity index is 1.90. The maximum absolute atomic E-state index is 11.8. The molecule has 3 rings (SSSR count). The summed E-state index contributed by atoms with van der Waals surface area (Å²) >= 11 is 1.42. The minimum atomic E-state index is -2.99. The van der Waals surface area contributed by atoms with Gasteiger partial charge in [-0.3, -0.25) is 4.79 Å². The number of carbonyl (C=O) groups is 1. The molecule has 1 aromatic carbocycles. The van der Waals surface area contributed by atoms with Gasteiger partial charge in [0.2, 0.25) is 5.91 Å². The van der Waals surface area contributed by atoms with Crippen molar-refractivity contribution in [2.24, 2.45) is 4.99 Å². The summed E-state index contributed by atoms with van der Waals surface area (Å²) in [6, 6.07) is 9.74. The SMILES string of the molecule is CC(=O)N=C1S[C@H]2CS(=O)(=O)C[C@H]2N1Cc1ccccc1. The van der Waals surface area contributed by atoms with Crippen molar-refractivity contribution in [3.05, 3.63) is 35.9 Å². The van der Waals surface area contributed by atoms with Crippen LogP contribution in [-0.2, 0) is 21.2 Å². The molecule has 5 nitrogen and oxygen atoms in total. The normalized spacial score (nSPS) is 28.8. The fraction of sp³-hybridized carbons (Fsp3) is 0.429. The molecule has 2 aliphatic rings. The Morgan fingerprint density at radius 2 is 2.05 bits per heavy atom. The molecule has 1 aromatic rings. The number of carbonyl (C=O) groups excluding carboxylic acids is 1. The maximum atomic E-state index is 11.8. The minimum Gasteiger partial charge on any atom is -0.342 e. The molecule has 112 valence electrons. The van der Waals surface area contributed by atoms with Gasteiger partial charge in [-0.25, -0.2) is 8.42 Å². The van der Waals surface area contributed by atoms with E-state index in [9.17, 15) is 13.2 Å². The van der Waals surface area contributed by atoms with Crippen LogP contribution in [0.2, 0.25) is 0 Å². The monoisotopic (exact) mass is 324 g/mol. The lowest BCUT2D eigenvalue weighted by molar-refractivity contribution is -0.115. The van der Waals surface area contributed by atoms with Crippen LogP contribution in [0.25, 0.3) is 0 Å². The zero-order valence-corrected chi connectivity index (χ0v) is 13.2. The highest BCUT2D eigenvalue weighted by molar-refractivity contribution is 8.15. The summed E-state index contributed by atoms with van der Waals surface area (Å²) in [6.45, 7) is 2.00. The molecular weight excluding hydrogens is 308 g/mol. The van der Waals surface area contributed by atoms with Crippen molar-refractivity contribution in [3.63, 3.8) is 0 Å². The van der Waals surface area contributed by atoms with Crippen LogP contribution in [-0.4, -0.2) is 47.2 Å². The van der Waals surface area contributed by atoms with Crippen molar-refractivity contribution < 1.29 is 13.2 Å². The Hall–Kier alpha value is -1.34. The highest BCUT2D eigenvalue weighted by Gasteiger charge is 2.48. The average Bonchev–Trinajstić information content (AvgIpc) is 2.84. The molecule has 2 aliphatic heterocycles. The van der Waals surface area contributed by atoms with E-state index in [-0.39, 0.29) is 28.7 Å². The van der Waals surface area contributed by atoms with Gasteiger partial charge in [0.15, 0.2) is 15.0 Å². The standard InChI is InChI=1S/C14H16N2O3S2/c1-10(17)15-14-16(7-11-5-3-2-4-6-11)12-8-21(18,19)9-13(12)20-14/h2-6,12-13H,7-9H2,1H3/t12-,13+/m1/s1. The van der Waals surface area contributed by atoms with Gasteiger partial charge in [0.25, 0.3) is 0 Å². The van der Waals surface area contributed by atoms with E-state index in [1.807, 2.05) is 35.2 Å². The predicted octanol–water partition coefficient (Wildman–Crippen LogP) is 1.30. The van der Waals surface area contributed by atoms with Gasteiger partial charge in [-0.1, -0.05) is 42.1 Å². The second kappa shape index (κ2) is 5.46. The molecule has 0 aromatic heterocycles. The number of nitrogens with zero attached hydrogens (tertiary/aromatic N) is 2. The molecule has 0 radical (unpaired) electrons. The third kappa shape index (κ3) is 3.13.